The molecule has 0 fully saturated rings. The molecular formula is C16H31ClOSi. The Morgan fingerprint density at radius 1 is 1.11 bits per heavy atom. The van der Waals surface area contributed by atoms with Gasteiger partial charge in [0.05, 0.1) is 6.61 Å². The van der Waals surface area contributed by atoms with Crippen LogP contribution in [-0.2, 0) is 4.43 Å². The SMILES string of the molecule is CC(=CCCl)CCC=C(C)CO[Si](C)(C)C(C)(C)C. The van der Waals surface area contributed by atoms with Gasteiger partial charge in [0.25, 0.3) is 0 Å². The molecule has 0 aliphatic rings. The monoisotopic (exact) mass is 302 g/mol. The summed E-state index contributed by atoms with van der Waals surface area (Å²) in [6.45, 7) is 16.5. The summed E-state index contributed by atoms with van der Waals surface area (Å²) < 4.78 is 6.20. The Bertz CT molecular complexity index is 324. The summed E-state index contributed by atoms with van der Waals surface area (Å²) in [5, 5.41) is 0.285. The average Bonchev–Trinajstić information content (AvgIpc) is 2.25. The first-order valence-electron chi connectivity index (χ1n) is 7.11. The molecule has 0 aliphatic heterocycles. The summed E-state index contributed by atoms with van der Waals surface area (Å²) in [5.41, 5.74) is 2.70. The van der Waals surface area contributed by atoms with E-state index in [0.717, 1.165) is 19.4 Å². The van der Waals surface area contributed by atoms with Crippen molar-refractivity contribution in [1.29, 1.82) is 0 Å². The Balaban J connectivity index is 4.18. The number of rotatable bonds is 7. The van der Waals surface area contributed by atoms with Gasteiger partial charge >= 0.3 is 0 Å². The van der Waals surface area contributed by atoms with E-state index in [1.807, 2.05) is 0 Å². The zero-order valence-electron chi connectivity index (χ0n) is 13.8. The van der Waals surface area contributed by atoms with E-state index in [9.17, 15) is 0 Å². The van der Waals surface area contributed by atoms with Crippen molar-refractivity contribution in [3.05, 3.63) is 23.3 Å². The van der Waals surface area contributed by atoms with Gasteiger partial charge in [0, 0.05) is 5.88 Å². The van der Waals surface area contributed by atoms with Gasteiger partial charge in [0.1, 0.15) is 0 Å². The van der Waals surface area contributed by atoms with Crippen LogP contribution >= 0.6 is 11.6 Å². The predicted molar refractivity (Wildman–Crippen MR) is 90.6 cm³/mol. The molecule has 112 valence electrons. The zero-order valence-corrected chi connectivity index (χ0v) is 15.5. The molecule has 0 rings (SSSR count). The third kappa shape index (κ3) is 7.96. The summed E-state index contributed by atoms with van der Waals surface area (Å²) in [7, 11) is -1.61. The van der Waals surface area contributed by atoms with E-state index in [2.05, 4.69) is 59.9 Å². The van der Waals surface area contributed by atoms with Gasteiger partial charge in [-0.25, -0.2) is 0 Å². The van der Waals surface area contributed by atoms with Crippen LogP contribution in [0.1, 0.15) is 47.5 Å². The van der Waals surface area contributed by atoms with Crippen molar-refractivity contribution in [3.8, 4) is 0 Å². The lowest BCUT2D eigenvalue weighted by Gasteiger charge is -2.36. The minimum absolute atomic E-state index is 0.285. The molecular weight excluding hydrogens is 272 g/mol. The topological polar surface area (TPSA) is 9.23 Å². The van der Waals surface area contributed by atoms with Crippen molar-refractivity contribution in [2.24, 2.45) is 0 Å². The molecule has 0 N–H and O–H groups in total. The minimum Gasteiger partial charge on any atom is -0.413 e. The van der Waals surface area contributed by atoms with Gasteiger partial charge in [-0.15, -0.1) is 11.6 Å². The normalized spacial score (nSPS) is 14.9. The van der Waals surface area contributed by atoms with Gasteiger partial charge in [-0.3, -0.25) is 0 Å². The van der Waals surface area contributed by atoms with Crippen LogP contribution in [0.2, 0.25) is 18.1 Å². The van der Waals surface area contributed by atoms with Crippen LogP contribution in [0.15, 0.2) is 23.3 Å². The second-order valence-electron chi connectivity index (χ2n) is 6.84. The molecule has 0 saturated heterocycles. The highest BCUT2D eigenvalue weighted by Gasteiger charge is 2.36. The van der Waals surface area contributed by atoms with Crippen LogP contribution in [0.3, 0.4) is 0 Å². The van der Waals surface area contributed by atoms with Crippen molar-refractivity contribution >= 4 is 19.9 Å². The maximum atomic E-state index is 6.20. The number of halogens is 1. The van der Waals surface area contributed by atoms with Crippen molar-refractivity contribution in [2.45, 2.75) is 65.6 Å². The van der Waals surface area contributed by atoms with Crippen molar-refractivity contribution in [2.75, 3.05) is 12.5 Å². The second kappa shape index (κ2) is 8.28. The summed E-state index contributed by atoms with van der Waals surface area (Å²) in [4.78, 5) is 0. The maximum Gasteiger partial charge on any atom is 0.192 e. The van der Waals surface area contributed by atoms with E-state index in [0.29, 0.717) is 5.88 Å². The third-order valence-corrected chi connectivity index (χ3v) is 8.56. The molecule has 0 bridgehead atoms. The van der Waals surface area contributed by atoms with Gasteiger partial charge in [-0.1, -0.05) is 44.1 Å². The molecule has 0 unspecified atom stereocenters. The van der Waals surface area contributed by atoms with E-state index in [4.69, 9.17) is 16.0 Å². The molecule has 0 aliphatic carbocycles. The third-order valence-electron chi connectivity index (χ3n) is 3.92. The Hall–Kier alpha value is -0.0531. The molecule has 0 atom stereocenters. The standard InChI is InChI=1S/C16H31ClOSi/c1-14(11-12-17)9-8-10-15(2)13-18-19(6,7)16(3,4)5/h10-11H,8-9,12-13H2,1-7H3. The quantitative estimate of drug-likeness (QED) is 0.322. The van der Waals surface area contributed by atoms with E-state index in [-0.39, 0.29) is 5.04 Å². The van der Waals surface area contributed by atoms with Crippen molar-refractivity contribution < 1.29 is 4.43 Å². The lowest BCUT2D eigenvalue weighted by Crippen LogP contribution is -2.41. The van der Waals surface area contributed by atoms with Crippen LogP contribution in [0.25, 0.3) is 0 Å². The molecule has 0 spiro atoms. The molecule has 0 aromatic carbocycles. The average molecular weight is 303 g/mol. The van der Waals surface area contributed by atoms with Crippen LogP contribution in [-0.4, -0.2) is 20.8 Å². The maximum absolute atomic E-state index is 6.20. The van der Waals surface area contributed by atoms with E-state index < -0.39 is 8.32 Å². The molecule has 1 nitrogen and oxygen atoms in total. The first kappa shape index (κ1) is 18.9. The van der Waals surface area contributed by atoms with Gasteiger partial charge in [-0.05, 0) is 44.8 Å². The van der Waals surface area contributed by atoms with E-state index in [1.165, 1.54) is 11.1 Å². The zero-order chi connectivity index (χ0) is 15.1. The van der Waals surface area contributed by atoms with Crippen LogP contribution in [0, 0.1) is 0 Å². The lowest BCUT2D eigenvalue weighted by atomic mass is 10.1. The van der Waals surface area contributed by atoms with Gasteiger partial charge in [-0.2, -0.15) is 0 Å². The van der Waals surface area contributed by atoms with E-state index in [1.54, 1.807) is 0 Å². The summed E-state index contributed by atoms with van der Waals surface area (Å²) in [6.07, 6.45) is 6.53. The first-order chi connectivity index (χ1) is 8.60. The molecule has 3 heteroatoms. The van der Waals surface area contributed by atoms with Crippen LogP contribution < -0.4 is 0 Å². The van der Waals surface area contributed by atoms with Crippen LogP contribution in [0.4, 0.5) is 0 Å². The lowest BCUT2D eigenvalue weighted by molar-refractivity contribution is 0.318. The highest BCUT2D eigenvalue weighted by molar-refractivity contribution is 6.74. The molecule has 0 heterocycles. The fourth-order valence-corrected chi connectivity index (χ4v) is 2.63. The van der Waals surface area contributed by atoms with Crippen molar-refractivity contribution in [1.82, 2.24) is 0 Å². The molecule has 19 heavy (non-hydrogen) atoms. The molecule has 0 amide bonds. The molecule has 0 radical (unpaired) electrons. The molecule has 0 aromatic heterocycles. The fraction of sp³-hybridized carbons (Fsp3) is 0.750. The smallest absolute Gasteiger partial charge is 0.192 e. The fourth-order valence-electron chi connectivity index (χ4n) is 1.35. The second-order valence-corrected chi connectivity index (χ2v) is 12.0. The summed E-state index contributed by atoms with van der Waals surface area (Å²) in [6, 6.07) is 0. The van der Waals surface area contributed by atoms with Crippen molar-refractivity contribution in [3.63, 3.8) is 0 Å². The van der Waals surface area contributed by atoms with Gasteiger partial charge in [0.15, 0.2) is 8.32 Å². The Morgan fingerprint density at radius 3 is 2.16 bits per heavy atom. The highest BCUT2D eigenvalue weighted by Crippen LogP contribution is 2.36. The van der Waals surface area contributed by atoms with E-state index >= 15 is 0 Å². The Kier molecular flexibility index (Phi) is 8.26. The number of hydrogen-bond acceptors (Lipinski definition) is 1. The minimum atomic E-state index is -1.61. The van der Waals surface area contributed by atoms with Crippen LogP contribution in [0.5, 0.6) is 0 Å². The number of hydrogen-bond donors (Lipinski definition) is 0. The summed E-state index contributed by atoms with van der Waals surface area (Å²) >= 11 is 5.67. The Morgan fingerprint density at radius 2 is 1.68 bits per heavy atom. The predicted octanol–water partition coefficient (Wildman–Crippen LogP) is 5.92. The number of alkyl halides is 1. The van der Waals surface area contributed by atoms with Gasteiger partial charge < -0.3 is 4.43 Å². The van der Waals surface area contributed by atoms with Gasteiger partial charge in [0.2, 0.25) is 0 Å². The molecule has 0 aromatic rings. The molecule has 0 saturated carbocycles. The first-order valence-corrected chi connectivity index (χ1v) is 10.6. The largest absolute Gasteiger partial charge is 0.413 e. The number of allylic oxidation sites excluding steroid dienone is 3. The summed E-state index contributed by atoms with van der Waals surface area (Å²) in [5.74, 6) is 0.614. The Labute approximate surface area is 126 Å². The highest BCUT2D eigenvalue weighted by atomic mass is 35.5.